The molecule has 0 heterocycles. The predicted molar refractivity (Wildman–Crippen MR) is 106 cm³/mol. The van der Waals surface area contributed by atoms with E-state index < -0.39 is 0 Å². The summed E-state index contributed by atoms with van der Waals surface area (Å²) in [7, 11) is 1.70. The Morgan fingerprint density at radius 3 is 2.31 bits per heavy atom. The van der Waals surface area contributed by atoms with Crippen LogP contribution in [-0.2, 0) is 12.8 Å². The fourth-order valence-electron chi connectivity index (χ4n) is 3.74. The van der Waals surface area contributed by atoms with Crippen LogP contribution in [0.3, 0.4) is 0 Å². The van der Waals surface area contributed by atoms with Crippen molar-refractivity contribution in [3.05, 3.63) is 95.1 Å². The highest BCUT2D eigenvalue weighted by atomic mass is 16.5. The van der Waals surface area contributed by atoms with Gasteiger partial charge in [-0.1, -0.05) is 48.5 Å². The normalized spacial score (nSPS) is 13.4. The number of hydrogen-bond donors (Lipinski definition) is 1. The molecular weight excluding hydrogens is 320 g/mol. The molecule has 26 heavy (non-hydrogen) atoms. The fraction of sp³-hybridized carbons (Fsp3) is 0.167. The van der Waals surface area contributed by atoms with Gasteiger partial charge in [-0.25, -0.2) is 0 Å². The van der Waals surface area contributed by atoms with Gasteiger partial charge < -0.3 is 9.84 Å². The lowest BCUT2D eigenvalue weighted by Gasteiger charge is -2.24. The lowest BCUT2D eigenvalue weighted by Crippen LogP contribution is -2.07. The predicted octanol–water partition coefficient (Wildman–Crippen LogP) is 5.50. The number of methoxy groups -OCH3 is 1. The van der Waals surface area contributed by atoms with Crippen molar-refractivity contribution in [2.75, 3.05) is 7.11 Å². The number of allylic oxidation sites excluding steroid dienone is 2. The van der Waals surface area contributed by atoms with Gasteiger partial charge in [0.2, 0.25) is 0 Å². The number of benzene rings is 3. The number of aromatic hydroxyl groups is 1. The van der Waals surface area contributed by atoms with Gasteiger partial charge in [0.05, 0.1) is 7.11 Å². The van der Waals surface area contributed by atoms with Crippen LogP contribution in [-0.4, -0.2) is 12.2 Å². The van der Waals surface area contributed by atoms with Crippen molar-refractivity contribution in [2.45, 2.75) is 19.3 Å². The lowest BCUT2D eigenvalue weighted by molar-refractivity contribution is 0.415. The van der Waals surface area contributed by atoms with Crippen LogP contribution in [0.15, 0.2) is 72.8 Å². The maximum absolute atomic E-state index is 9.58. The molecule has 1 aliphatic rings. The van der Waals surface area contributed by atoms with Gasteiger partial charge in [0.1, 0.15) is 11.5 Å². The molecule has 1 N–H and O–H groups in total. The molecule has 0 amide bonds. The molecular formula is C24H22O2. The maximum atomic E-state index is 9.58. The van der Waals surface area contributed by atoms with Crippen LogP contribution in [0, 0.1) is 0 Å². The van der Waals surface area contributed by atoms with Gasteiger partial charge in [0.15, 0.2) is 0 Å². The zero-order chi connectivity index (χ0) is 17.9. The summed E-state index contributed by atoms with van der Waals surface area (Å²) in [6, 6.07) is 24.6. The van der Waals surface area contributed by atoms with E-state index in [0.717, 1.165) is 25.0 Å². The molecule has 0 saturated heterocycles. The topological polar surface area (TPSA) is 29.5 Å². The van der Waals surface area contributed by atoms with Crippen LogP contribution in [0.2, 0.25) is 0 Å². The average molecular weight is 342 g/mol. The van der Waals surface area contributed by atoms with Crippen molar-refractivity contribution in [1.29, 1.82) is 0 Å². The molecule has 0 unspecified atom stereocenters. The number of phenolic OH excluding ortho intramolecular Hbond substituents is 1. The third kappa shape index (κ3) is 3.23. The SMILES string of the molecule is COc1ccc(C2=C(Cc3ccc(O)cc3)c3ccccc3CC2)cc1. The molecule has 2 heteroatoms. The van der Waals surface area contributed by atoms with Crippen LogP contribution in [0.4, 0.5) is 0 Å². The van der Waals surface area contributed by atoms with E-state index in [0.29, 0.717) is 5.75 Å². The molecule has 0 saturated carbocycles. The zero-order valence-corrected chi connectivity index (χ0v) is 14.9. The second kappa shape index (κ2) is 7.09. The molecule has 3 aromatic carbocycles. The minimum Gasteiger partial charge on any atom is -0.508 e. The molecule has 0 bridgehead atoms. The Kier molecular flexibility index (Phi) is 4.49. The van der Waals surface area contributed by atoms with E-state index in [4.69, 9.17) is 4.74 Å². The van der Waals surface area contributed by atoms with Gasteiger partial charge in [-0.2, -0.15) is 0 Å². The molecule has 3 aromatic rings. The van der Waals surface area contributed by atoms with Crippen LogP contribution < -0.4 is 4.74 Å². The number of aryl methyl sites for hydroxylation is 1. The molecule has 4 rings (SSSR count). The van der Waals surface area contributed by atoms with Crippen molar-refractivity contribution in [3.8, 4) is 11.5 Å². The minimum absolute atomic E-state index is 0.308. The van der Waals surface area contributed by atoms with E-state index in [9.17, 15) is 5.11 Å². The summed E-state index contributed by atoms with van der Waals surface area (Å²) in [4.78, 5) is 0. The molecule has 0 fully saturated rings. The van der Waals surface area contributed by atoms with E-state index in [1.807, 2.05) is 24.3 Å². The van der Waals surface area contributed by atoms with E-state index in [2.05, 4.69) is 36.4 Å². The number of fused-ring (bicyclic) bond motifs is 1. The standard InChI is InChI=1S/C24H22O2/c1-26-21-13-8-19(9-14-21)23-15-10-18-4-2-3-5-22(18)24(23)16-17-6-11-20(25)12-7-17/h2-9,11-14,25H,10,15-16H2,1H3. The Morgan fingerprint density at radius 1 is 0.846 bits per heavy atom. The van der Waals surface area contributed by atoms with Gasteiger partial charge in [-0.05, 0) is 76.9 Å². The highest BCUT2D eigenvalue weighted by Gasteiger charge is 2.20. The Hall–Kier alpha value is -3.00. The minimum atomic E-state index is 0.308. The zero-order valence-electron chi connectivity index (χ0n) is 14.9. The molecule has 0 radical (unpaired) electrons. The van der Waals surface area contributed by atoms with E-state index in [-0.39, 0.29) is 0 Å². The Balaban J connectivity index is 1.81. The van der Waals surface area contributed by atoms with Crippen molar-refractivity contribution in [3.63, 3.8) is 0 Å². The highest BCUT2D eigenvalue weighted by molar-refractivity contribution is 5.94. The maximum Gasteiger partial charge on any atom is 0.118 e. The van der Waals surface area contributed by atoms with Gasteiger partial charge in [0, 0.05) is 0 Å². The quantitative estimate of drug-likeness (QED) is 0.678. The monoisotopic (exact) mass is 342 g/mol. The molecule has 130 valence electrons. The number of phenols is 1. The van der Waals surface area contributed by atoms with Gasteiger partial charge in [-0.15, -0.1) is 0 Å². The average Bonchev–Trinajstić information content (AvgIpc) is 2.70. The third-order valence-electron chi connectivity index (χ3n) is 5.11. The van der Waals surface area contributed by atoms with Crippen LogP contribution in [0.1, 0.15) is 28.7 Å². The summed E-state index contributed by atoms with van der Waals surface area (Å²) in [5.41, 5.74) is 8.01. The van der Waals surface area contributed by atoms with Gasteiger partial charge in [-0.3, -0.25) is 0 Å². The van der Waals surface area contributed by atoms with Crippen molar-refractivity contribution < 1.29 is 9.84 Å². The summed E-state index contributed by atoms with van der Waals surface area (Å²) in [5, 5.41) is 9.58. The lowest BCUT2D eigenvalue weighted by atomic mass is 9.80. The van der Waals surface area contributed by atoms with Crippen LogP contribution in [0.5, 0.6) is 11.5 Å². The smallest absolute Gasteiger partial charge is 0.118 e. The second-order valence-corrected chi connectivity index (χ2v) is 6.69. The van der Waals surface area contributed by atoms with Crippen LogP contribution in [0.25, 0.3) is 11.1 Å². The van der Waals surface area contributed by atoms with Gasteiger partial charge >= 0.3 is 0 Å². The number of ether oxygens (including phenoxy) is 1. The highest BCUT2D eigenvalue weighted by Crippen LogP contribution is 2.39. The molecule has 2 nitrogen and oxygen atoms in total. The fourth-order valence-corrected chi connectivity index (χ4v) is 3.74. The second-order valence-electron chi connectivity index (χ2n) is 6.69. The number of hydrogen-bond acceptors (Lipinski definition) is 2. The van der Waals surface area contributed by atoms with Crippen molar-refractivity contribution >= 4 is 11.1 Å². The first-order valence-corrected chi connectivity index (χ1v) is 8.97. The van der Waals surface area contributed by atoms with Crippen molar-refractivity contribution in [2.24, 2.45) is 0 Å². The Labute approximate surface area is 154 Å². The summed E-state index contributed by atoms with van der Waals surface area (Å²) < 4.78 is 5.31. The molecule has 0 aliphatic heterocycles. The first-order valence-electron chi connectivity index (χ1n) is 8.97. The summed E-state index contributed by atoms with van der Waals surface area (Å²) in [5.74, 6) is 1.19. The molecule has 1 aliphatic carbocycles. The third-order valence-corrected chi connectivity index (χ3v) is 5.11. The molecule has 0 atom stereocenters. The largest absolute Gasteiger partial charge is 0.508 e. The van der Waals surface area contributed by atoms with E-state index in [1.54, 1.807) is 19.2 Å². The van der Waals surface area contributed by atoms with Gasteiger partial charge in [0.25, 0.3) is 0 Å². The van der Waals surface area contributed by atoms with E-state index >= 15 is 0 Å². The molecule has 0 spiro atoms. The Morgan fingerprint density at radius 2 is 1.58 bits per heavy atom. The first-order chi connectivity index (χ1) is 12.7. The van der Waals surface area contributed by atoms with E-state index in [1.165, 1.54) is 33.4 Å². The number of rotatable bonds is 4. The summed E-state index contributed by atoms with van der Waals surface area (Å²) in [6.45, 7) is 0. The van der Waals surface area contributed by atoms with Crippen molar-refractivity contribution in [1.82, 2.24) is 0 Å². The Bertz CT molecular complexity index is 935. The summed E-state index contributed by atoms with van der Waals surface area (Å²) >= 11 is 0. The summed E-state index contributed by atoms with van der Waals surface area (Å²) in [6.07, 6.45) is 2.96. The molecule has 0 aromatic heterocycles. The first kappa shape index (κ1) is 16.5. The van der Waals surface area contributed by atoms with Crippen LogP contribution >= 0.6 is 0 Å².